The van der Waals surface area contributed by atoms with Crippen molar-refractivity contribution < 1.29 is 29.3 Å². The molecule has 0 radical (unpaired) electrons. The van der Waals surface area contributed by atoms with Crippen molar-refractivity contribution in [2.75, 3.05) is 7.05 Å². The summed E-state index contributed by atoms with van der Waals surface area (Å²) in [6.45, 7) is 6.32. The van der Waals surface area contributed by atoms with Crippen LogP contribution >= 0.6 is 0 Å². The molecule has 204 valence electrons. The predicted octanol–water partition coefficient (Wildman–Crippen LogP) is 4.23. The van der Waals surface area contributed by atoms with E-state index in [1.165, 1.54) is 12.1 Å². The van der Waals surface area contributed by atoms with E-state index < -0.39 is 30.4 Å². The predicted molar refractivity (Wildman–Crippen MR) is 142 cm³/mol. The Kier molecular flexibility index (Phi) is 9.77. The lowest BCUT2D eigenvalue weighted by Gasteiger charge is -2.19. The van der Waals surface area contributed by atoms with Crippen LogP contribution in [0.5, 0.6) is 0 Å². The zero-order valence-corrected chi connectivity index (χ0v) is 22.3. The number of hydrogen-bond acceptors (Lipinski definition) is 5. The van der Waals surface area contributed by atoms with Gasteiger partial charge < -0.3 is 20.2 Å². The van der Waals surface area contributed by atoms with Crippen LogP contribution in [0.15, 0.2) is 48.5 Å². The number of carbonyl (C=O) groups excluding carboxylic acids is 1. The van der Waals surface area contributed by atoms with Crippen LogP contribution in [0.4, 0.5) is 4.39 Å². The molecule has 1 amide bonds. The summed E-state index contributed by atoms with van der Waals surface area (Å²) in [5.74, 6) is -1.88. The van der Waals surface area contributed by atoms with Gasteiger partial charge in [-0.1, -0.05) is 38.1 Å². The molecule has 1 heterocycles. The van der Waals surface area contributed by atoms with Crippen molar-refractivity contribution in [2.24, 2.45) is 0 Å². The number of amides is 1. The maximum Gasteiger partial charge on any atom is 0.305 e. The van der Waals surface area contributed by atoms with E-state index in [1.54, 1.807) is 28.8 Å². The molecular weight excluding hydrogens is 489 g/mol. The molecule has 0 spiro atoms. The molecule has 0 saturated carbocycles. The standard InChI is InChI=1S/C29H36FN3O5/c1-18(2)27-25(14-13-23(34)15-24(35)16-26(36)37)33(22-11-9-21(30)10-12-22)31-28(27)29(38)32(4)17-20-8-6-5-7-19(20)3/h5-12,18,23-24,34-35H,13-17H2,1-4H3,(H,36,37). The second-order valence-electron chi connectivity index (χ2n) is 10.0. The molecule has 1 aromatic heterocycles. The lowest BCUT2D eigenvalue weighted by molar-refractivity contribution is -0.139. The lowest BCUT2D eigenvalue weighted by Crippen LogP contribution is -2.28. The second-order valence-corrected chi connectivity index (χ2v) is 10.0. The van der Waals surface area contributed by atoms with Gasteiger partial charge in [-0.05, 0) is 67.5 Å². The quantitative estimate of drug-likeness (QED) is 0.326. The number of carboxylic acids is 1. The molecule has 3 N–H and O–H groups in total. The van der Waals surface area contributed by atoms with Crippen molar-refractivity contribution >= 4 is 11.9 Å². The summed E-state index contributed by atoms with van der Waals surface area (Å²) in [6.07, 6.45) is -2.12. The van der Waals surface area contributed by atoms with Crippen molar-refractivity contribution in [1.29, 1.82) is 0 Å². The van der Waals surface area contributed by atoms with E-state index in [2.05, 4.69) is 5.10 Å². The SMILES string of the molecule is Cc1ccccc1CN(C)C(=O)c1nn(-c2ccc(F)cc2)c(CCC(O)CC(O)CC(=O)O)c1C(C)C. The average Bonchev–Trinajstić information content (AvgIpc) is 3.23. The highest BCUT2D eigenvalue weighted by Gasteiger charge is 2.28. The lowest BCUT2D eigenvalue weighted by atomic mass is 9.95. The Labute approximate surface area is 222 Å². The monoisotopic (exact) mass is 525 g/mol. The Bertz CT molecular complexity index is 1260. The van der Waals surface area contributed by atoms with Gasteiger partial charge >= 0.3 is 5.97 Å². The van der Waals surface area contributed by atoms with Crippen LogP contribution in [0, 0.1) is 12.7 Å². The van der Waals surface area contributed by atoms with Crippen LogP contribution in [0.3, 0.4) is 0 Å². The molecule has 0 saturated heterocycles. The number of benzene rings is 2. The van der Waals surface area contributed by atoms with Crippen LogP contribution < -0.4 is 0 Å². The Morgan fingerprint density at radius 3 is 2.32 bits per heavy atom. The van der Waals surface area contributed by atoms with E-state index >= 15 is 0 Å². The molecule has 2 unspecified atom stereocenters. The van der Waals surface area contributed by atoms with Crippen molar-refractivity contribution in [3.05, 3.63) is 82.4 Å². The summed E-state index contributed by atoms with van der Waals surface area (Å²) < 4.78 is 15.3. The van der Waals surface area contributed by atoms with Crippen LogP contribution in [0.25, 0.3) is 5.69 Å². The van der Waals surface area contributed by atoms with Crippen molar-refractivity contribution in [3.63, 3.8) is 0 Å². The zero-order chi connectivity index (χ0) is 28.0. The number of hydrogen-bond donors (Lipinski definition) is 3. The van der Waals surface area contributed by atoms with Gasteiger partial charge in [0.05, 0.1) is 24.3 Å². The molecule has 2 aromatic carbocycles. The number of rotatable bonds is 12. The normalized spacial score (nSPS) is 12.9. The third kappa shape index (κ3) is 7.26. The first kappa shape index (κ1) is 29.0. The number of aryl methyl sites for hydroxylation is 1. The van der Waals surface area contributed by atoms with Gasteiger partial charge in [0.1, 0.15) is 5.82 Å². The van der Waals surface area contributed by atoms with E-state index in [4.69, 9.17) is 5.11 Å². The molecule has 3 rings (SSSR count). The molecule has 8 nitrogen and oxygen atoms in total. The highest BCUT2D eigenvalue weighted by atomic mass is 19.1. The highest BCUT2D eigenvalue weighted by Crippen LogP contribution is 2.29. The third-order valence-corrected chi connectivity index (χ3v) is 6.56. The summed E-state index contributed by atoms with van der Waals surface area (Å²) in [5, 5.41) is 34.0. The van der Waals surface area contributed by atoms with Crippen LogP contribution in [0.2, 0.25) is 0 Å². The summed E-state index contributed by atoms with van der Waals surface area (Å²) >= 11 is 0. The highest BCUT2D eigenvalue weighted by molar-refractivity contribution is 5.94. The van der Waals surface area contributed by atoms with Crippen molar-refractivity contribution in [2.45, 2.75) is 71.1 Å². The molecule has 0 bridgehead atoms. The van der Waals surface area contributed by atoms with Crippen molar-refractivity contribution in [1.82, 2.24) is 14.7 Å². The average molecular weight is 526 g/mol. The number of aromatic nitrogens is 2. The van der Waals surface area contributed by atoms with Gasteiger partial charge in [-0.3, -0.25) is 9.59 Å². The number of halogens is 1. The topological polar surface area (TPSA) is 116 Å². The fourth-order valence-corrected chi connectivity index (χ4v) is 4.58. The summed E-state index contributed by atoms with van der Waals surface area (Å²) in [6, 6.07) is 13.6. The number of aliphatic carboxylic acids is 1. The molecule has 0 aliphatic rings. The maximum atomic E-state index is 13.7. The molecule has 0 aliphatic heterocycles. The molecule has 0 fully saturated rings. The summed E-state index contributed by atoms with van der Waals surface area (Å²) in [7, 11) is 1.73. The van der Waals surface area contributed by atoms with Crippen LogP contribution in [0.1, 0.15) is 71.9 Å². The van der Waals surface area contributed by atoms with E-state index in [1.807, 2.05) is 45.0 Å². The minimum atomic E-state index is -1.17. The van der Waals surface area contributed by atoms with E-state index in [9.17, 15) is 24.2 Å². The summed E-state index contributed by atoms with van der Waals surface area (Å²) in [4.78, 5) is 26.1. The van der Waals surface area contributed by atoms with E-state index in [-0.39, 0.29) is 30.4 Å². The number of carbonyl (C=O) groups is 2. The van der Waals surface area contributed by atoms with Gasteiger partial charge in [0.2, 0.25) is 0 Å². The summed E-state index contributed by atoms with van der Waals surface area (Å²) in [5.41, 5.74) is 4.39. The Hall–Kier alpha value is -3.56. The number of carboxylic acid groups (broad SMARTS) is 1. The zero-order valence-electron chi connectivity index (χ0n) is 22.3. The van der Waals surface area contributed by atoms with Crippen LogP contribution in [-0.2, 0) is 17.8 Å². The largest absolute Gasteiger partial charge is 0.481 e. The minimum absolute atomic E-state index is 0.0836. The second kappa shape index (κ2) is 12.8. The van der Waals surface area contributed by atoms with Crippen molar-refractivity contribution in [3.8, 4) is 5.69 Å². The van der Waals surface area contributed by atoms with Gasteiger partial charge in [0.25, 0.3) is 5.91 Å². The Balaban J connectivity index is 1.96. The first-order valence-corrected chi connectivity index (χ1v) is 12.7. The van der Waals surface area contributed by atoms with E-state index in [0.29, 0.717) is 24.3 Å². The smallest absolute Gasteiger partial charge is 0.305 e. The van der Waals surface area contributed by atoms with Gasteiger partial charge in [-0.2, -0.15) is 5.10 Å². The third-order valence-electron chi connectivity index (χ3n) is 6.56. The first-order chi connectivity index (χ1) is 18.0. The number of aliphatic hydroxyl groups is 2. The molecule has 3 aromatic rings. The molecular formula is C29H36FN3O5. The minimum Gasteiger partial charge on any atom is -0.481 e. The fraction of sp³-hybridized carbons (Fsp3) is 0.414. The molecule has 2 atom stereocenters. The number of aliphatic hydroxyl groups excluding tert-OH is 2. The van der Waals surface area contributed by atoms with Gasteiger partial charge in [-0.25, -0.2) is 9.07 Å². The van der Waals surface area contributed by atoms with E-state index in [0.717, 1.165) is 16.7 Å². The number of nitrogens with zero attached hydrogens (tertiary/aromatic N) is 3. The Morgan fingerprint density at radius 1 is 1.05 bits per heavy atom. The van der Waals surface area contributed by atoms with Crippen LogP contribution in [-0.4, -0.2) is 61.1 Å². The van der Waals surface area contributed by atoms with Gasteiger partial charge in [0.15, 0.2) is 5.69 Å². The Morgan fingerprint density at radius 2 is 1.71 bits per heavy atom. The molecule has 0 aliphatic carbocycles. The molecule has 9 heteroatoms. The van der Waals surface area contributed by atoms with Gasteiger partial charge in [0, 0.05) is 24.8 Å². The fourth-order valence-electron chi connectivity index (χ4n) is 4.58. The maximum absolute atomic E-state index is 13.7. The van der Waals surface area contributed by atoms with Gasteiger partial charge in [-0.15, -0.1) is 0 Å². The molecule has 38 heavy (non-hydrogen) atoms. The first-order valence-electron chi connectivity index (χ1n) is 12.7.